The molecule has 1 aliphatic heterocycles. The number of nitrogens with zero attached hydrogens (tertiary/aromatic N) is 4. The van der Waals surface area contributed by atoms with Crippen molar-refractivity contribution in [3.05, 3.63) is 63.7 Å². The largest absolute Gasteiger partial charge is 0.369 e. The van der Waals surface area contributed by atoms with Gasteiger partial charge in [-0.25, -0.2) is 24.7 Å². The van der Waals surface area contributed by atoms with Gasteiger partial charge < -0.3 is 16.0 Å². The fourth-order valence-electron chi connectivity index (χ4n) is 4.09. The molecule has 0 aliphatic carbocycles. The Hall–Kier alpha value is -3.26. The molecule has 0 aromatic carbocycles. The Morgan fingerprint density at radius 3 is 2.32 bits per heavy atom. The molecule has 4 N–H and O–H groups in total. The van der Waals surface area contributed by atoms with Crippen molar-refractivity contribution in [2.45, 2.75) is 24.5 Å². The summed E-state index contributed by atoms with van der Waals surface area (Å²) in [5.41, 5.74) is 1.93. The number of hydrogen-bond acceptors (Lipinski definition) is 11. The summed E-state index contributed by atoms with van der Waals surface area (Å²) in [4.78, 5) is 31.0. The number of rotatable bonds is 10. The Morgan fingerprint density at radius 1 is 0.868 bits per heavy atom. The third-order valence-corrected chi connectivity index (χ3v) is 10.1. The van der Waals surface area contributed by atoms with Crippen LogP contribution in [-0.2, 0) is 6.42 Å². The lowest BCUT2D eigenvalue weighted by Crippen LogP contribution is -2.26. The minimum atomic E-state index is -0.212. The molecule has 9 nitrogen and oxygen atoms in total. The summed E-state index contributed by atoms with van der Waals surface area (Å²) in [5, 5.41) is 19.0. The molecule has 0 saturated heterocycles. The quantitative estimate of drug-likeness (QED) is 0.150. The highest BCUT2D eigenvalue weighted by Gasteiger charge is 2.20. The lowest BCUT2D eigenvalue weighted by Gasteiger charge is -2.12. The average Bonchev–Trinajstić information content (AvgIpc) is 3.72. The molecule has 38 heavy (non-hydrogen) atoms. The number of amides is 2. The maximum atomic E-state index is 12.6. The molecule has 0 saturated carbocycles. The Balaban J connectivity index is 0.914. The van der Waals surface area contributed by atoms with Crippen LogP contribution in [0.25, 0.3) is 20.4 Å². The number of nitrogens with one attached hydrogen (secondary N) is 4. The minimum absolute atomic E-state index is 0.212. The third kappa shape index (κ3) is 5.90. The molecule has 0 radical (unpaired) electrons. The predicted molar refractivity (Wildman–Crippen MR) is 161 cm³/mol. The second-order valence-corrected chi connectivity index (χ2v) is 12.8. The summed E-state index contributed by atoms with van der Waals surface area (Å²) in [7, 11) is 0. The highest BCUT2D eigenvalue weighted by Crippen LogP contribution is 2.33. The molecular formula is C25H24N8OS4. The Morgan fingerprint density at radius 2 is 1.58 bits per heavy atom. The van der Waals surface area contributed by atoms with E-state index in [-0.39, 0.29) is 6.03 Å². The van der Waals surface area contributed by atoms with E-state index < -0.39 is 0 Å². The molecule has 0 spiro atoms. The van der Waals surface area contributed by atoms with Crippen LogP contribution in [0, 0.1) is 0 Å². The van der Waals surface area contributed by atoms with Crippen LogP contribution in [0.3, 0.4) is 0 Å². The van der Waals surface area contributed by atoms with E-state index in [9.17, 15) is 4.79 Å². The molecule has 6 heterocycles. The summed E-state index contributed by atoms with van der Waals surface area (Å²) >= 11 is 6.57. The van der Waals surface area contributed by atoms with E-state index in [1.807, 2.05) is 29.0 Å². The van der Waals surface area contributed by atoms with Crippen LogP contribution in [0.2, 0.25) is 0 Å². The molecule has 13 heteroatoms. The molecule has 0 fully saturated rings. The number of aromatic nitrogens is 4. The van der Waals surface area contributed by atoms with Gasteiger partial charge >= 0.3 is 6.03 Å². The maximum absolute atomic E-state index is 12.6. The number of urea groups is 1. The number of allylic oxidation sites excluding steroid dienone is 1. The summed E-state index contributed by atoms with van der Waals surface area (Å²) in [6.07, 6.45) is 8.03. The van der Waals surface area contributed by atoms with Crippen LogP contribution in [0.15, 0.2) is 58.8 Å². The van der Waals surface area contributed by atoms with Crippen molar-refractivity contribution >= 4 is 88.9 Å². The highest BCUT2D eigenvalue weighted by atomic mass is 32.2. The number of carbonyl (C=O) groups excluding carboxylic acids is 1. The molecule has 1 aliphatic rings. The minimum Gasteiger partial charge on any atom is -0.369 e. The number of thiophene rings is 3. The third-order valence-electron chi connectivity index (χ3n) is 5.90. The van der Waals surface area contributed by atoms with E-state index in [2.05, 4.69) is 53.3 Å². The van der Waals surface area contributed by atoms with E-state index in [0.717, 1.165) is 74.5 Å². The first kappa shape index (κ1) is 25.0. The van der Waals surface area contributed by atoms with Crippen molar-refractivity contribution in [2.75, 3.05) is 29.0 Å². The fraction of sp³-hybridized carbons (Fsp3) is 0.240. The van der Waals surface area contributed by atoms with Crippen LogP contribution in [0.4, 0.5) is 21.4 Å². The van der Waals surface area contributed by atoms with Crippen LogP contribution in [0.1, 0.15) is 17.7 Å². The van der Waals surface area contributed by atoms with E-state index in [0.29, 0.717) is 5.25 Å². The van der Waals surface area contributed by atoms with Gasteiger partial charge in [-0.2, -0.15) is 0 Å². The van der Waals surface area contributed by atoms with Gasteiger partial charge in [0.2, 0.25) is 0 Å². The van der Waals surface area contributed by atoms with E-state index in [1.54, 1.807) is 58.4 Å². The van der Waals surface area contributed by atoms with E-state index in [1.165, 1.54) is 4.88 Å². The van der Waals surface area contributed by atoms with Gasteiger partial charge in [-0.1, -0.05) is 6.08 Å². The Kier molecular flexibility index (Phi) is 7.67. The summed E-state index contributed by atoms with van der Waals surface area (Å²) in [6.45, 7) is 1.57. The van der Waals surface area contributed by atoms with Crippen LogP contribution >= 0.6 is 45.8 Å². The zero-order chi connectivity index (χ0) is 25.7. The molecular weight excluding hydrogens is 557 g/mol. The highest BCUT2D eigenvalue weighted by molar-refractivity contribution is 8.03. The zero-order valence-corrected chi connectivity index (χ0v) is 23.4. The molecule has 1 unspecified atom stereocenters. The van der Waals surface area contributed by atoms with Gasteiger partial charge in [0.1, 0.15) is 24.3 Å². The molecule has 6 rings (SSSR count). The first-order valence-corrected chi connectivity index (χ1v) is 15.5. The smallest absolute Gasteiger partial charge is 0.324 e. The molecule has 194 valence electrons. The average molecular weight is 581 g/mol. The van der Waals surface area contributed by atoms with Gasteiger partial charge in [0, 0.05) is 23.2 Å². The molecule has 2 amide bonds. The predicted octanol–water partition coefficient (Wildman–Crippen LogP) is 6.38. The van der Waals surface area contributed by atoms with Crippen molar-refractivity contribution in [1.82, 2.24) is 25.3 Å². The van der Waals surface area contributed by atoms with Crippen molar-refractivity contribution < 1.29 is 4.79 Å². The Bertz CT molecular complexity index is 1590. The van der Waals surface area contributed by atoms with Gasteiger partial charge in [0.15, 0.2) is 0 Å². The van der Waals surface area contributed by atoms with Gasteiger partial charge in [0.25, 0.3) is 0 Å². The number of anilines is 3. The normalized spacial score (nSPS) is 15.1. The van der Waals surface area contributed by atoms with Gasteiger partial charge in [0.05, 0.1) is 30.5 Å². The number of carbonyl (C=O) groups is 1. The van der Waals surface area contributed by atoms with Crippen LogP contribution in [-0.4, -0.2) is 44.3 Å². The number of fused-ring (bicyclic) bond motifs is 2. The summed E-state index contributed by atoms with van der Waals surface area (Å²) in [5.74, 6) is 1.75. The van der Waals surface area contributed by atoms with E-state index in [4.69, 9.17) is 0 Å². The SMILES string of the molecule is O=C(NC1=CCC(CCNc2ncnc3ccsc23)S1)Nc1ccc(CCNc2ncnc3ccsc23)s1. The van der Waals surface area contributed by atoms with Crippen LogP contribution < -0.4 is 21.3 Å². The van der Waals surface area contributed by atoms with E-state index >= 15 is 0 Å². The van der Waals surface area contributed by atoms with Gasteiger partial charge in [-0.3, -0.25) is 5.32 Å². The fourth-order valence-corrected chi connectivity index (χ4v) is 7.75. The molecule has 0 bridgehead atoms. The van der Waals surface area contributed by atoms with Gasteiger partial charge in [-0.05, 0) is 54.3 Å². The monoisotopic (exact) mass is 580 g/mol. The Labute approximate surface area is 235 Å². The molecule has 5 aromatic heterocycles. The molecule has 5 aromatic rings. The second kappa shape index (κ2) is 11.6. The summed E-state index contributed by atoms with van der Waals surface area (Å²) < 4.78 is 2.16. The van der Waals surface area contributed by atoms with Gasteiger partial charge in [-0.15, -0.1) is 45.8 Å². The maximum Gasteiger partial charge on any atom is 0.324 e. The summed E-state index contributed by atoms with van der Waals surface area (Å²) in [6, 6.07) is 7.79. The number of thioether (sulfide) groups is 1. The lowest BCUT2D eigenvalue weighted by atomic mass is 10.2. The van der Waals surface area contributed by atoms with Crippen molar-refractivity contribution in [1.29, 1.82) is 0 Å². The number of hydrogen-bond donors (Lipinski definition) is 4. The van der Waals surface area contributed by atoms with Crippen molar-refractivity contribution in [3.63, 3.8) is 0 Å². The first-order chi connectivity index (χ1) is 18.7. The second-order valence-electron chi connectivity index (χ2n) is 8.50. The van der Waals surface area contributed by atoms with Crippen molar-refractivity contribution in [3.8, 4) is 0 Å². The standard InChI is InChI=1S/C25H24N8OS4/c34-25(32-19-3-1-15(37-19)5-9-26-23-21-17(7-11-35-21)28-13-30-23)33-20-4-2-16(38-20)6-10-27-24-22-18(8-12-36-22)29-14-31-24/h1,3-4,7-8,11-14,16H,2,5-6,9-10H2,(H,26,28,30)(H,27,29,31)(H2,32,33,34). The van der Waals surface area contributed by atoms with Crippen molar-refractivity contribution in [2.24, 2.45) is 0 Å². The first-order valence-electron chi connectivity index (χ1n) is 12.1. The topological polar surface area (TPSA) is 117 Å². The zero-order valence-electron chi connectivity index (χ0n) is 20.1. The van der Waals surface area contributed by atoms with Crippen LogP contribution in [0.5, 0.6) is 0 Å². The molecule has 1 atom stereocenters. The lowest BCUT2D eigenvalue weighted by molar-refractivity contribution is 0.255.